The van der Waals surface area contributed by atoms with Crippen LogP contribution in [0.4, 0.5) is 5.69 Å². The summed E-state index contributed by atoms with van der Waals surface area (Å²) in [5.41, 5.74) is 0.340. The number of fused-ring (bicyclic) bond motifs is 1. The summed E-state index contributed by atoms with van der Waals surface area (Å²) in [6, 6.07) is 13.0. The minimum atomic E-state index is -3.84. The van der Waals surface area contributed by atoms with Crippen molar-refractivity contribution in [2.45, 2.75) is 17.9 Å². The van der Waals surface area contributed by atoms with Gasteiger partial charge in [0.2, 0.25) is 10.0 Å². The standard InChI is InChI=1S/C19H17N3O6S/c1-11(18(24)21-12-6-8-13(9-7-12)29(20,26)27)28-19(25)16-10-17(23)14-4-2-3-5-15(14)22-16/h2-11H,1H3,(H,21,24)(H,22,23)(H2,20,26,27)/t11-/m0/s1. The third-order valence-corrected chi connectivity index (χ3v) is 4.99. The molecule has 0 radical (unpaired) electrons. The fraction of sp³-hybridized carbons (Fsp3) is 0.105. The Morgan fingerprint density at radius 1 is 1.10 bits per heavy atom. The third kappa shape index (κ3) is 4.68. The van der Waals surface area contributed by atoms with Crippen LogP contribution in [0.25, 0.3) is 10.9 Å². The minimum Gasteiger partial charge on any atom is -0.448 e. The summed E-state index contributed by atoms with van der Waals surface area (Å²) in [6.07, 6.45) is -1.17. The molecular formula is C19H17N3O6S. The molecule has 4 N–H and O–H groups in total. The van der Waals surface area contributed by atoms with Crippen molar-refractivity contribution in [2.24, 2.45) is 5.14 Å². The Labute approximate surface area is 165 Å². The van der Waals surface area contributed by atoms with E-state index in [1.165, 1.54) is 31.2 Å². The average Bonchev–Trinajstić information content (AvgIpc) is 2.67. The lowest BCUT2D eigenvalue weighted by Crippen LogP contribution is -2.30. The van der Waals surface area contributed by atoms with Gasteiger partial charge in [-0.15, -0.1) is 0 Å². The minimum absolute atomic E-state index is 0.0779. The van der Waals surface area contributed by atoms with Gasteiger partial charge >= 0.3 is 5.97 Å². The van der Waals surface area contributed by atoms with Crippen LogP contribution in [0.15, 0.2) is 64.3 Å². The maximum absolute atomic E-state index is 12.3. The molecule has 0 saturated carbocycles. The van der Waals surface area contributed by atoms with Gasteiger partial charge in [0.15, 0.2) is 11.5 Å². The number of esters is 1. The molecule has 10 heteroatoms. The second-order valence-electron chi connectivity index (χ2n) is 6.20. The quantitative estimate of drug-likeness (QED) is 0.536. The van der Waals surface area contributed by atoms with E-state index in [4.69, 9.17) is 9.88 Å². The van der Waals surface area contributed by atoms with Gasteiger partial charge in [-0.1, -0.05) is 12.1 Å². The molecule has 0 aliphatic heterocycles. The molecule has 1 heterocycles. The van der Waals surface area contributed by atoms with Gasteiger partial charge in [-0.2, -0.15) is 0 Å². The van der Waals surface area contributed by atoms with Crippen LogP contribution in [-0.2, 0) is 19.6 Å². The van der Waals surface area contributed by atoms with Crippen LogP contribution in [-0.4, -0.2) is 31.4 Å². The Morgan fingerprint density at radius 3 is 2.41 bits per heavy atom. The van der Waals surface area contributed by atoms with Crippen molar-refractivity contribution < 1.29 is 22.7 Å². The number of para-hydroxylation sites is 1. The number of primary sulfonamides is 1. The molecule has 0 aliphatic rings. The van der Waals surface area contributed by atoms with Crippen LogP contribution in [0.2, 0.25) is 0 Å². The van der Waals surface area contributed by atoms with Gasteiger partial charge in [0, 0.05) is 22.7 Å². The summed E-state index contributed by atoms with van der Waals surface area (Å²) in [5.74, 6) is -1.50. The molecule has 2 aromatic carbocycles. The SMILES string of the molecule is C[C@H](OC(=O)c1cc(=O)c2ccccc2[nH]1)C(=O)Nc1ccc(S(N)(=O)=O)cc1. The Kier molecular flexibility index (Phi) is 5.48. The first-order valence-electron chi connectivity index (χ1n) is 8.42. The molecule has 0 fully saturated rings. The summed E-state index contributed by atoms with van der Waals surface area (Å²) >= 11 is 0. The van der Waals surface area contributed by atoms with Crippen molar-refractivity contribution in [3.63, 3.8) is 0 Å². The number of sulfonamides is 1. The van der Waals surface area contributed by atoms with E-state index in [-0.39, 0.29) is 16.0 Å². The molecule has 29 heavy (non-hydrogen) atoms. The zero-order valence-corrected chi connectivity index (χ0v) is 16.0. The van der Waals surface area contributed by atoms with Gasteiger partial charge in [-0.25, -0.2) is 18.4 Å². The number of amides is 1. The lowest BCUT2D eigenvalue weighted by molar-refractivity contribution is -0.123. The lowest BCUT2D eigenvalue weighted by atomic mass is 10.2. The van der Waals surface area contributed by atoms with E-state index in [9.17, 15) is 22.8 Å². The lowest BCUT2D eigenvalue weighted by Gasteiger charge is -2.14. The number of hydrogen-bond acceptors (Lipinski definition) is 6. The van der Waals surface area contributed by atoms with Gasteiger partial charge in [-0.3, -0.25) is 9.59 Å². The number of nitrogens with two attached hydrogens (primary N) is 1. The number of anilines is 1. The van der Waals surface area contributed by atoms with Crippen LogP contribution in [0, 0.1) is 0 Å². The highest BCUT2D eigenvalue weighted by atomic mass is 32.2. The molecule has 3 aromatic rings. The number of aromatic amines is 1. The number of nitrogens with one attached hydrogen (secondary N) is 2. The van der Waals surface area contributed by atoms with Gasteiger partial charge in [0.1, 0.15) is 5.69 Å². The molecule has 3 rings (SSSR count). The van der Waals surface area contributed by atoms with E-state index in [0.29, 0.717) is 16.6 Å². The first-order valence-corrected chi connectivity index (χ1v) is 9.96. The van der Waals surface area contributed by atoms with E-state index in [2.05, 4.69) is 10.3 Å². The van der Waals surface area contributed by atoms with E-state index in [0.717, 1.165) is 6.07 Å². The maximum Gasteiger partial charge on any atom is 0.355 e. The smallest absolute Gasteiger partial charge is 0.355 e. The van der Waals surface area contributed by atoms with Gasteiger partial charge in [0.25, 0.3) is 5.91 Å². The molecule has 1 aromatic heterocycles. The normalized spacial score (nSPS) is 12.3. The highest BCUT2D eigenvalue weighted by Gasteiger charge is 2.20. The van der Waals surface area contributed by atoms with Crippen molar-refractivity contribution in [3.05, 3.63) is 70.5 Å². The Morgan fingerprint density at radius 2 is 1.76 bits per heavy atom. The van der Waals surface area contributed by atoms with Gasteiger partial charge < -0.3 is 15.0 Å². The number of benzene rings is 2. The molecule has 0 bridgehead atoms. The molecule has 0 spiro atoms. The van der Waals surface area contributed by atoms with E-state index in [1.54, 1.807) is 24.3 Å². The zero-order valence-electron chi connectivity index (χ0n) is 15.2. The van der Waals surface area contributed by atoms with Crippen LogP contribution in [0.3, 0.4) is 0 Å². The molecular weight excluding hydrogens is 398 g/mol. The topological polar surface area (TPSA) is 148 Å². The predicted molar refractivity (Wildman–Crippen MR) is 106 cm³/mol. The summed E-state index contributed by atoms with van der Waals surface area (Å²) in [6.45, 7) is 1.37. The summed E-state index contributed by atoms with van der Waals surface area (Å²) in [4.78, 5) is 39.4. The van der Waals surface area contributed by atoms with Gasteiger partial charge in [0.05, 0.1) is 4.90 Å². The number of ether oxygens (including phenoxy) is 1. The number of carbonyl (C=O) groups is 2. The number of pyridine rings is 1. The molecule has 1 amide bonds. The zero-order chi connectivity index (χ0) is 21.2. The van der Waals surface area contributed by atoms with Crippen LogP contribution in [0.1, 0.15) is 17.4 Å². The van der Waals surface area contributed by atoms with Crippen LogP contribution < -0.4 is 15.9 Å². The maximum atomic E-state index is 12.3. The van der Waals surface area contributed by atoms with Gasteiger partial charge in [-0.05, 0) is 43.3 Å². The van der Waals surface area contributed by atoms with E-state index < -0.39 is 28.0 Å². The number of aromatic nitrogens is 1. The van der Waals surface area contributed by atoms with E-state index in [1.807, 2.05) is 0 Å². The van der Waals surface area contributed by atoms with Crippen molar-refractivity contribution in [2.75, 3.05) is 5.32 Å². The number of hydrogen-bond donors (Lipinski definition) is 3. The summed E-state index contributed by atoms with van der Waals surface area (Å²) in [7, 11) is -3.84. The van der Waals surface area contributed by atoms with Crippen molar-refractivity contribution in [3.8, 4) is 0 Å². The molecule has 0 saturated heterocycles. The predicted octanol–water partition coefficient (Wildman–Crippen LogP) is 1.36. The van der Waals surface area contributed by atoms with E-state index >= 15 is 0 Å². The Balaban J connectivity index is 1.69. The van der Waals surface area contributed by atoms with Crippen LogP contribution in [0.5, 0.6) is 0 Å². The fourth-order valence-corrected chi connectivity index (χ4v) is 3.07. The largest absolute Gasteiger partial charge is 0.448 e. The molecule has 9 nitrogen and oxygen atoms in total. The number of carbonyl (C=O) groups excluding carboxylic acids is 2. The molecule has 0 aliphatic carbocycles. The summed E-state index contributed by atoms with van der Waals surface area (Å²) < 4.78 is 27.6. The van der Waals surface area contributed by atoms with Crippen molar-refractivity contribution >= 4 is 38.5 Å². The number of rotatable bonds is 5. The highest BCUT2D eigenvalue weighted by molar-refractivity contribution is 7.89. The second-order valence-corrected chi connectivity index (χ2v) is 7.76. The second kappa shape index (κ2) is 7.86. The monoisotopic (exact) mass is 415 g/mol. The number of H-pyrrole nitrogens is 1. The third-order valence-electron chi connectivity index (χ3n) is 4.06. The van der Waals surface area contributed by atoms with Crippen molar-refractivity contribution in [1.29, 1.82) is 0 Å². The molecule has 1 atom stereocenters. The van der Waals surface area contributed by atoms with Crippen LogP contribution >= 0.6 is 0 Å². The molecule has 150 valence electrons. The highest BCUT2D eigenvalue weighted by Crippen LogP contribution is 2.14. The molecule has 0 unspecified atom stereocenters. The first-order chi connectivity index (χ1) is 13.6. The Bertz CT molecular complexity index is 1250. The summed E-state index contributed by atoms with van der Waals surface area (Å²) in [5, 5.41) is 7.94. The fourth-order valence-electron chi connectivity index (χ4n) is 2.56. The first kappa shape index (κ1) is 20.2. The Hall–Kier alpha value is -3.50. The van der Waals surface area contributed by atoms with Crippen molar-refractivity contribution in [1.82, 2.24) is 4.98 Å². The average molecular weight is 415 g/mol.